The number of hydrogen-bond acceptors (Lipinski definition) is 3. The van der Waals surface area contributed by atoms with Crippen LogP contribution in [0.25, 0.3) is 0 Å². The predicted octanol–water partition coefficient (Wildman–Crippen LogP) is 2.78. The molecule has 4 nitrogen and oxygen atoms in total. The third kappa shape index (κ3) is 4.21. The summed E-state index contributed by atoms with van der Waals surface area (Å²) in [6, 6.07) is 6.29. The summed E-state index contributed by atoms with van der Waals surface area (Å²) in [5.41, 5.74) is 8.63. The average molecular weight is 289 g/mol. The smallest absolute Gasteiger partial charge is 0.251 e. The van der Waals surface area contributed by atoms with Crippen LogP contribution < -0.4 is 11.1 Å². The van der Waals surface area contributed by atoms with Crippen LogP contribution in [-0.2, 0) is 6.54 Å². The van der Waals surface area contributed by atoms with Crippen molar-refractivity contribution in [1.82, 2.24) is 10.2 Å². The van der Waals surface area contributed by atoms with Crippen molar-refractivity contribution in [2.45, 2.75) is 52.1 Å². The molecule has 1 aliphatic rings. The van der Waals surface area contributed by atoms with Crippen molar-refractivity contribution in [1.29, 1.82) is 0 Å². The number of likely N-dealkylation sites (tertiary alicyclic amines) is 1. The Kier molecular flexibility index (Phi) is 5.62. The number of nitrogens with one attached hydrogen (secondary N) is 1. The maximum atomic E-state index is 11.9. The standard InChI is InChI=1S/C17H27N3O/c1-3-9-19-17(21)14-7-8-15(16(18)11-14)12-20-10-5-4-6-13(20)2/h7-8,11,13H,3-6,9-10,12,18H2,1-2H3,(H,19,21). The minimum absolute atomic E-state index is 0.0403. The van der Waals surface area contributed by atoms with Gasteiger partial charge in [-0.2, -0.15) is 0 Å². The van der Waals surface area contributed by atoms with Gasteiger partial charge in [-0.05, 0) is 50.4 Å². The highest BCUT2D eigenvalue weighted by molar-refractivity contribution is 5.95. The van der Waals surface area contributed by atoms with Gasteiger partial charge in [-0.3, -0.25) is 9.69 Å². The quantitative estimate of drug-likeness (QED) is 0.820. The van der Waals surface area contributed by atoms with Crippen LogP contribution in [0.4, 0.5) is 5.69 Å². The van der Waals surface area contributed by atoms with Crippen molar-refractivity contribution in [3.05, 3.63) is 29.3 Å². The monoisotopic (exact) mass is 289 g/mol. The number of amides is 1. The molecule has 2 rings (SSSR count). The van der Waals surface area contributed by atoms with Gasteiger partial charge in [0.2, 0.25) is 0 Å². The highest BCUT2D eigenvalue weighted by Gasteiger charge is 2.19. The lowest BCUT2D eigenvalue weighted by Crippen LogP contribution is -2.36. The van der Waals surface area contributed by atoms with E-state index in [-0.39, 0.29) is 5.91 Å². The third-order valence-corrected chi connectivity index (χ3v) is 4.26. The summed E-state index contributed by atoms with van der Waals surface area (Å²) in [5, 5.41) is 2.88. The first-order valence-corrected chi connectivity index (χ1v) is 8.02. The number of rotatable bonds is 5. The minimum atomic E-state index is -0.0403. The zero-order valence-corrected chi connectivity index (χ0v) is 13.2. The van der Waals surface area contributed by atoms with Crippen LogP contribution >= 0.6 is 0 Å². The Labute approximate surface area is 127 Å². The van der Waals surface area contributed by atoms with E-state index in [0.29, 0.717) is 18.2 Å². The van der Waals surface area contributed by atoms with E-state index in [9.17, 15) is 4.79 Å². The van der Waals surface area contributed by atoms with Gasteiger partial charge in [-0.25, -0.2) is 0 Å². The lowest BCUT2D eigenvalue weighted by molar-refractivity contribution is 0.0953. The molecule has 1 aliphatic heterocycles. The van der Waals surface area contributed by atoms with E-state index in [1.54, 1.807) is 6.07 Å². The third-order valence-electron chi connectivity index (χ3n) is 4.26. The number of hydrogen-bond donors (Lipinski definition) is 2. The van der Waals surface area contributed by atoms with Gasteiger partial charge in [-0.1, -0.05) is 19.4 Å². The number of carbonyl (C=O) groups is 1. The van der Waals surface area contributed by atoms with Gasteiger partial charge in [-0.15, -0.1) is 0 Å². The van der Waals surface area contributed by atoms with Crippen LogP contribution in [0.1, 0.15) is 55.5 Å². The Morgan fingerprint density at radius 2 is 2.24 bits per heavy atom. The maximum Gasteiger partial charge on any atom is 0.251 e. The summed E-state index contributed by atoms with van der Waals surface area (Å²) in [7, 11) is 0. The normalized spacial score (nSPS) is 19.4. The van der Waals surface area contributed by atoms with Crippen LogP contribution in [-0.4, -0.2) is 29.9 Å². The van der Waals surface area contributed by atoms with Crippen LogP contribution in [0.5, 0.6) is 0 Å². The fourth-order valence-electron chi connectivity index (χ4n) is 2.83. The minimum Gasteiger partial charge on any atom is -0.398 e. The Morgan fingerprint density at radius 1 is 1.43 bits per heavy atom. The first-order valence-electron chi connectivity index (χ1n) is 8.02. The van der Waals surface area contributed by atoms with E-state index >= 15 is 0 Å². The lowest BCUT2D eigenvalue weighted by atomic mass is 10.0. The number of anilines is 1. The zero-order valence-electron chi connectivity index (χ0n) is 13.2. The van der Waals surface area contributed by atoms with Gasteiger partial charge in [0.05, 0.1) is 0 Å². The fourth-order valence-corrected chi connectivity index (χ4v) is 2.83. The van der Waals surface area contributed by atoms with Crippen LogP contribution in [0.2, 0.25) is 0 Å². The van der Waals surface area contributed by atoms with Crippen molar-refractivity contribution in [2.24, 2.45) is 0 Å². The first kappa shape index (κ1) is 15.8. The molecule has 1 unspecified atom stereocenters. The van der Waals surface area contributed by atoms with Crippen LogP contribution in [0, 0.1) is 0 Å². The Hall–Kier alpha value is -1.55. The van der Waals surface area contributed by atoms with E-state index in [2.05, 4.69) is 17.1 Å². The SMILES string of the molecule is CCCNC(=O)c1ccc(CN2CCCCC2C)c(N)c1. The second-order valence-electron chi connectivity index (χ2n) is 5.98. The first-order chi connectivity index (χ1) is 10.1. The molecule has 1 atom stereocenters. The number of carbonyl (C=O) groups excluding carboxylic acids is 1. The highest BCUT2D eigenvalue weighted by Crippen LogP contribution is 2.22. The molecule has 0 aliphatic carbocycles. The lowest BCUT2D eigenvalue weighted by Gasteiger charge is -2.33. The topological polar surface area (TPSA) is 58.4 Å². The molecule has 0 radical (unpaired) electrons. The Bertz CT molecular complexity index is 487. The summed E-state index contributed by atoms with van der Waals surface area (Å²) in [6.07, 6.45) is 4.79. The average Bonchev–Trinajstić information content (AvgIpc) is 2.49. The van der Waals surface area contributed by atoms with Crippen molar-refractivity contribution in [3.8, 4) is 0 Å². The van der Waals surface area contributed by atoms with Crippen LogP contribution in [0.15, 0.2) is 18.2 Å². The molecule has 1 heterocycles. The van der Waals surface area contributed by atoms with Gasteiger partial charge < -0.3 is 11.1 Å². The van der Waals surface area contributed by atoms with E-state index < -0.39 is 0 Å². The summed E-state index contributed by atoms with van der Waals surface area (Å²) < 4.78 is 0. The van der Waals surface area contributed by atoms with E-state index in [4.69, 9.17) is 5.73 Å². The number of nitrogen functional groups attached to an aromatic ring is 1. The van der Waals surface area contributed by atoms with Gasteiger partial charge in [0.15, 0.2) is 0 Å². The fraction of sp³-hybridized carbons (Fsp3) is 0.588. The molecule has 1 aromatic rings. The molecule has 1 fully saturated rings. The van der Waals surface area contributed by atoms with E-state index in [1.807, 2.05) is 19.1 Å². The van der Waals surface area contributed by atoms with Gasteiger partial charge >= 0.3 is 0 Å². The molecule has 0 spiro atoms. The molecule has 0 aromatic heterocycles. The molecule has 21 heavy (non-hydrogen) atoms. The van der Waals surface area contributed by atoms with Crippen molar-refractivity contribution in [2.75, 3.05) is 18.8 Å². The van der Waals surface area contributed by atoms with Gasteiger partial charge in [0.1, 0.15) is 0 Å². The molecule has 3 N–H and O–H groups in total. The molecule has 0 saturated carbocycles. The molecule has 1 aromatic carbocycles. The molecule has 116 valence electrons. The van der Waals surface area contributed by atoms with Crippen molar-refractivity contribution >= 4 is 11.6 Å². The maximum absolute atomic E-state index is 11.9. The summed E-state index contributed by atoms with van der Waals surface area (Å²) in [5.74, 6) is -0.0403. The number of piperidine rings is 1. The Balaban J connectivity index is 2.03. The van der Waals surface area contributed by atoms with Crippen molar-refractivity contribution < 1.29 is 4.79 Å². The van der Waals surface area contributed by atoms with E-state index in [1.165, 1.54) is 19.3 Å². The van der Waals surface area contributed by atoms with Crippen LogP contribution in [0.3, 0.4) is 0 Å². The van der Waals surface area contributed by atoms with Crippen molar-refractivity contribution in [3.63, 3.8) is 0 Å². The van der Waals surface area contributed by atoms with E-state index in [0.717, 1.165) is 30.8 Å². The highest BCUT2D eigenvalue weighted by atomic mass is 16.1. The molecule has 0 bridgehead atoms. The van der Waals surface area contributed by atoms with Gasteiger partial charge in [0.25, 0.3) is 5.91 Å². The number of nitrogens with two attached hydrogens (primary N) is 1. The molecule has 1 saturated heterocycles. The second kappa shape index (κ2) is 7.46. The molecule has 4 heteroatoms. The van der Waals surface area contributed by atoms with Gasteiger partial charge in [0, 0.05) is 30.4 Å². The number of nitrogens with zero attached hydrogens (tertiary/aromatic N) is 1. The molecular formula is C17H27N3O. The summed E-state index contributed by atoms with van der Waals surface area (Å²) in [4.78, 5) is 14.4. The largest absolute Gasteiger partial charge is 0.398 e. The zero-order chi connectivity index (χ0) is 15.2. The summed E-state index contributed by atoms with van der Waals surface area (Å²) in [6.45, 7) is 7.04. The summed E-state index contributed by atoms with van der Waals surface area (Å²) >= 11 is 0. The number of benzene rings is 1. The second-order valence-corrected chi connectivity index (χ2v) is 5.98. The molecule has 1 amide bonds. The Morgan fingerprint density at radius 3 is 2.90 bits per heavy atom. The molecular weight excluding hydrogens is 262 g/mol. The predicted molar refractivity (Wildman–Crippen MR) is 87.2 cm³/mol.